The van der Waals surface area contributed by atoms with Gasteiger partial charge in [-0.1, -0.05) is 17.8 Å². The van der Waals surface area contributed by atoms with Crippen LogP contribution < -0.4 is 4.74 Å². The first-order valence-corrected chi connectivity index (χ1v) is 10.5. The summed E-state index contributed by atoms with van der Waals surface area (Å²) in [6, 6.07) is 9.87. The first kappa shape index (κ1) is 20.9. The van der Waals surface area contributed by atoms with Crippen molar-refractivity contribution in [1.29, 1.82) is 0 Å². The van der Waals surface area contributed by atoms with Gasteiger partial charge in [0.05, 0.1) is 12.4 Å². The Labute approximate surface area is 175 Å². The molecule has 0 N–H and O–H groups in total. The maximum absolute atomic E-state index is 12.9. The van der Waals surface area contributed by atoms with E-state index in [-0.39, 0.29) is 5.78 Å². The van der Waals surface area contributed by atoms with E-state index in [4.69, 9.17) is 4.74 Å². The Hall–Kier alpha value is -2.80. The molecule has 1 aromatic carbocycles. The minimum absolute atomic E-state index is 0.0751. The Morgan fingerprint density at radius 1 is 1.21 bits per heavy atom. The number of ketones is 1. The fourth-order valence-electron chi connectivity index (χ4n) is 3.32. The molecule has 0 bridgehead atoms. The van der Waals surface area contributed by atoms with Gasteiger partial charge in [-0.2, -0.15) is 0 Å². The van der Waals surface area contributed by atoms with Crippen molar-refractivity contribution in [2.24, 2.45) is 0 Å². The van der Waals surface area contributed by atoms with Crippen molar-refractivity contribution in [3.8, 4) is 11.4 Å². The van der Waals surface area contributed by atoms with Gasteiger partial charge in [0.15, 0.2) is 10.9 Å². The standard InChI is InChI=1S/C22H26N4O2S/c1-6-12-25-17(5)23-24-22(25)29-14-21(27)20-13-15(3)26(16(20)4)18-8-10-19(11-9-18)28-7-2/h6,8-11,13H,1,7,12,14H2,2-5H3. The third-order valence-electron chi connectivity index (χ3n) is 4.68. The van der Waals surface area contributed by atoms with Gasteiger partial charge in [-0.15, -0.1) is 16.8 Å². The van der Waals surface area contributed by atoms with Crippen molar-refractivity contribution in [1.82, 2.24) is 19.3 Å². The minimum atomic E-state index is 0.0751. The molecule has 0 spiro atoms. The van der Waals surface area contributed by atoms with Gasteiger partial charge in [-0.3, -0.25) is 4.79 Å². The summed E-state index contributed by atoms with van der Waals surface area (Å²) < 4.78 is 9.57. The number of hydrogen-bond acceptors (Lipinski definition) is 5. The van der Waals surface area contributed by atoms with Crippen LogP contribution >= 0.6 is 11.8 Å². The highest BCUT2D eigenvalue weighted by molar-refractivity contribution is 7.99. The Bertz CT molecular complexity index is 1020. The minimum Gasteiger partial charge on any atom is -0.494 e. The first-order valence-electron chi connectivity index (χ1n) is 9.55. The van der Waals surface area contributed by atoms with E-state index in [9.17, 15) is 4.79 Å². The molecule has 3 aromatic rings. The second kappa shape index (κ2) is 9.13. The first-order chi connectivity index (χ1) is 14.0. The zero-order chi connectivity index (χ0) is 21.0. The molecule has 7 heteroatoms. The van der Waals surface area contributed by atoms with Crippen LogP contribution in [-0.2, 0) is 6.54 Å². The molecule has 0 aliphatic heterocycles. The Balaban J connectivity index is 1.78. The van der Waals surface area contributed by atoms with Crippen molar-refractivity contribution in [3.05, 3.63) is 65.8 Å². The van der Waals surface area contributed by atoms with Crippen molar-refractivity contribution < 1.29 is 9.53 Å². The van der Waals surface area contributed by atoms with Gasteiger partial charge < -0.3 is 13.9 Å². The summed E-state index contributed by atoms with van der Waals surface area (Å²) in [6.07, 6.45) is 1.80. The molecule has 0 unspecified atom stereocenters. The lowest BCUT2D eigenvalue weighted by Crippen LogP contribution is -2.07. The maximum Gasteiger partial charge on any atom is 0.191 e. The van der Waals surface area contributed by atoms with Crippen LogP contribution in [0, 0.1) is 20.8 Å². The quantitative estimate of drug-likeness (QED) is 0.294. The molecule has 3 rings (SSSR count). The van der Waals surface area contributed by atoms with E-state index in [0.29, 0.717) is 18.9 Å². The molecule has 0 saturated heterocycles. The number of hydrogen-bond donors (Lipinski definition) is 0. The summed E-state index contributed by atoms with van der Waals surface area (Å²) in [5.74, 6) is 2.04. The van der Waals surface area contributed by atoms with Gasteiger partial charge in [0.2, 0.25) is 0 Å². The van der Waals surface area contributed by atoms with E-state index in [1.165, 1.54) is 11.8 Å². The molecular formula is C22H26N4O2S. The number of aryl methyl sites for hydroxylation is 2. The third kappa shape index (κ3) is 4.45. The van der Waals surface area contributed by atoms with Crippen molar-refractivity contribution >= 4 is 17.5 Å². The van der Waals surface area contributed by atoms with E-state index in [1.807, 2.05) is 62.6 Å². The van der Waals surface area contributed by atoms with E-state index < -0.39 is 0 Å². The highest BCUT2D eigenvalue weighted by atomic mass is 32.2. The average Bonchev–Trinajstić information content (AvgIpc) is 3.20. The summed E-state index contributed by atoms with van der Waals surface area (Å²) in [5, 5.41) is 9.01. The molecular weight excluding hydrogens is 384 g/mol. The lowest BCUT2D eigenvalue weighted by Gasteiger charge is -2.11. The van der Waals surface area contributed by atoms with Crippen LogP contribution in [0.2, 0.25) is 0 Å². The van der Waals surface area contributed by atoms with Crippen molar-refractivity contribution in [3.63, 3.8) is 0 Å². The second-order valence-corrected chi connectivity index (χ2v) is 7.63. The van der Waals surface area contributed by atoms with E-state index in [2.05, 4.69) is 21.3 Å². The third-order valence-corrected chi connectivity index (χ3v) is 5.65. The van der Waals surface area contributed by atoms with Gasteiger partial charge in [0.25, 0.3) is 0 Å². The van der Waals surface area contributed by atoms with Crippen LogP contribution in [0.25, 0.3) is 5.69 Å². The number of carbonyl (C=O) groups is 1. The predicted octanol–water partition coefficient (Wildman–Crippen LogP) is 4.55. The lowest BCUT2D eigenvalue weighted by atomic mass is 10.2. The highest BCUT2D eigenvalue weighted by Crippen LogP contribution is 2.25. The molecule has 0 fully saturated rings. The lowest BCUT2D eigenvalue weighted by molar-refractivity contribution is 0.102. The number of carbonyl (C=O) groups excluding carboxylic acids is 1. The maximum atomic E-state index is 12.9. The highest BCUT2D eigenvalue weighted by Gasteiger charge is 2.18. The van der Waals surface area contributed by atoms with Crippen molar-refractivity contribution in [2.45, 2.75) is 39.4 Å². The molecule has 6 nitrogen and oxygen atoms in total. The number of allylic oxidation sites excluding steroid dienone is 1. The molecule has 2 heterocycles. The van der Waals surface area contributed by atoms with Crippen LogP contribution in [-0.4, -0.2) is 37.5 Å². The topological polar surface area (TPSA) is 61.9 Å². The summed E-state index contributed by atoms with van der Waals surface area (Å²) in [6.45, 7) is 12.9. The second-order valence-electron chi connectivity index (χ2n) is 6.69. The van der Waals surface area contributed by atoms with Gasteiger partial charge in [0.1, 0.15) is 11.6 Å². The molecule has 0 radical (unpaired) electrons. The smallest absolute Gasteiger partial charge is 0.191 e. The molecule has 29 heavy (non-hydrogen) atoms. The Morgan fingerprint density at radius 2 is 1.93 bits per heavy atom. The van der Waals surface area contributed by atoms with Crippen LogP contribution in [0.1, 0.15) is 34.5 Å². The van der Waals surface area contributed by atoms with Crippen LogP contribution in [0.4, 0.5) is 0 Å². The summed E-state index contributed by atoms with van der Waals surface area (Å²) in [5.41, 5.74) is 3.69. The zero-order valence-electron chi connectivity index (χ0n) is 17.3. The fourth-order valence-corrected chi connectivity index (χ4v) is 4.19. The zero-order valence-corrected chi connectivity index (χ0v) is 18.1. The number of thioether (sulfide) groups is 1. The van der Waals surface area contributed by atoms with Crippen LogP contribution in [0.5, 0.6) is 5.75 Å². The number of Topliss-reactive ketones (excluding diaryl/α,β-unsaturated/α-hetero) is 1. The molecule has 2 aromatic heterocycles. The predicted molar refractivity (Wildman–Crippen MR) is 116 cm³/mol. The summed E-state index contributed by atoms with van der Waals surface area (Å²) in [4.78, 5) is 12.9. The molecule has 0 atom stereocenters. The Morgan fingerprint density at radius 3 is 2.59 bits per heavy atom. The Kier molecular flexibility index (Phi) is 6.59. The average molecular weight is 411 g/mol. The largest absolute Gasteiger partial charge is 0.494 e. The van der Waals surface area contributed by atoms with E-state index in [1.54, 1.807) is 6.08 Å². The number of aromatic nitrogens is 4. The van der Waals surface area contributed by atoms with Crippen LogP contribution in [0.15, 0.2) is 48.1 Å². The van der Waals surface area contributed by atoms with E-state index in [0.717, 1.165) is 39.4 Å². The molecule has 0 aliphatic rings. The van der Waals surface area contributed by atoms with Crippen molar-refractivity contribution in [2.75, 3.05) is 12.4 Å². The summed E-state index contributed by atoms with van der Waals surface area (Å²) in [7, 11) is 0. The van der Waals surface area contributed by atoms with Gasteiger partial charge in [-0.05, 0) is 58.0 Å². The number of nitrogens with zero attached hydrogens (tertiary/aromatic N) is 4. The molecule has 0 saturated carbocycles. The SMILES string of the molecule is C=CCn1c(C)nnc1SCC(=O)c1cc(C)n(-c2ccc(OCC)cc2)c1C. The summed E-state index contributed by atoms with van der Waals surface area (Å²) >= 11 is 1.40. The van der Waals surface area contributed by atoms with Crippen LogP contribution in [0.3, 0.4) is 0 Å². The fraction of sp³-hybridized carbons (Fsp3) is 0.318. The van der Waals surface area contributed by atoms with Gasteiger partial charge in [-0.25, -0.2) is 0 Å². The number of benzene rings is 1. The number of ether oxygens (including phenoxy) is 1. The number of rotatable bonds is 9. The van der Waals surface area contributed by atoms with Gasteiger partial charge in [0, 0.05) is 29.2 Å². The molecule has 0 amide bonds. The normalized spacial score (nSPS) is 10.9. The van der Waals surface area contributed by atoms with E-state index >= 15 is 0 Å². The van der Waals surface area contributed by atoms with Gasteiger partial charge >= 0.3 is 0 Å². The monoisotopic (exact) mass is 410 g/mol. The molecule has 0 aliphatic carbocycles. The molecule has 152 valence electrons.